The molecule has 1 atom stereocenters. The molecule has 6 heteroatoms. The van der Waals surface area contributed by atoms with Crippen molar-refractivity contribution in [3.8, 4) is 0 Å². The van der Waals surface area contributed by atoms with Crippen molar-refractivity contribution in [2.75, 3.05) is 18.6 Å². The molecule has 0 aliphatic carbocycles. The minimum atomic E-state index is -1.03. The average molecular weight is 255 g/mol. The molecular formula is C11H13NO4S. The Morgan fingerprint density at radius 3 is 2.24 bits per heavy atom. The molecule has 0 heterocycles. The van der Waals surface area contributed by atoms with Crippen LogP contribution in [0.25, 0.3) is 0 Å². The van der Waals surface area contributed by atoms with Gasteiger partial charge in [-0.2, -0.15) is 0 Å². The van der Waals surface area contributed by atoms with Crippen LogP contribution < -0.4 is 5.32 Å². The fraction of sp³-hybridized carbons (Fsp3) is 0.273. The van der Waals surface area contributed by atoms with Gasteiger partial charge in [-0.05, 0) is 24.3 Å². The molecule has 0 aromatic heterocycles. The zero-order chi connectivity index (χ0) is 12.8. The standard InChI is InChI=1S/C11H13NO4S/c1-17(16)7-6-12-10(13)8-2-4-9(5-3-8)11(14)15/h2-5H,6-7H2,1H3,(H,12,13)(H,14,15). The van der Waals surface area contributed by atoms with E-state index in [1.165, 1.54) is 24.3 Å². The second-order valence-electron chi connectivity index (χ2n) is 3.42. The lowest BCUT2D eigenvalue weighted by molar-refractivity contribution is 0.0696. The minimum absolute atomic E-state index is 0.135. The van der Waals surface area contributed by atoms with Crippen molar-refractivity contribution in [2.24, 2.45) is 0 Å². The Morgan fingerprint density at radius 1 is 1.24 bits per heavy atom. The molecule has 2 N–H and O–H groups in total. The number of carbonyl (C=O) groups excluding carboxylic acids is 1. The topological polar surface area (TPSA) is 83.5 Å². The number of benzene rings is 1. The van der Waals surface area contributed by atoms with Crippen LogP contribution in [0.15, 0.2) is 24.3 Å². The lowest BCUT2D eigenvalue weighted by atomic mass is 10.1. The molecule has 1 aromatic carbocycles. The summed E-state index contributed by atoms with van der Waals surface area (Å²) in [6.45, 7) is 0.336. The van der Waals surface area contributed by atoms with Crippen LogP contribution in [0.5, 0.6) is 0 Å². The monoisotopic (exact) mass is 255 g/mol. The van der Waals surface area contributed by atoms with E-state index >= 15 is 0 Å². The second kappa shape index (κ2) is 6.15. The molecule has 0 fully saturated rings. The van der Waals surface area contributed by atoms with Crippen molar-refractivity contribution < 1.29 is 18.9 Å². The Balaban J connectivity index is 2.57. The highest BCUT2D eigenvalue weighted by Crippen LogP contribution is 2.04. The molecule has 0 saturated heterocycles. The number of nitrogens with one attached hydrogen (secondary N) is 1. The molecule has 0 spiro atoms. The number of carbonyl (C=O) groups is 2. The van der Waals surface area contributed by atoms with E-state index in [9.17, 15) is 13.8 Å². The number of rotatable bonds is 5. The molecule has 1 aromatic rings. The minimum Gasteiger partial charge on any atom is -0.478 e. The maximum atomic E-state index is 11.5. The van der Waals surface area contributed by atoms with Crippen molar-refractivity contribution in [3.63, 3.8) is 0 Å². The molecule has 1 unspecified atom stereocenters. The van der Waals surface area contributed by atoms with Gasteiger partial charge in [0, 0.05) is 34.9 Å². The summed E-state index contributed by atoms with van der Waals surface area (Å²) in [6.07, 6.45) is 1.56. The van der Waals surface area contributed by atoms with Gasteiger partial charge in [0.2, 0.25) is 0 Å². The molecule has 0 saturated carbocycles. The Hall–Kier alpha value is -1.69. The van der Waals surface area contributed by atoms with Gasteiger partial charge in [0.05, 0.1) is 5.56 Å². The van der Waals surface area contributed by atoms with Gasteiger partial charge < -0.3 is 10.4 Å². The maximum Gasteiger partial charge on any atom is 0.335 e. The molecule has 92 valence electrons. The van der Waals surface area contributed by atoms with Crippen molar-refractivity contribution in [2.45, 2.75) is 0 Å². The first kappa shape index (κ1) is 13.4. The van der Waals surface area contributed by atoms with E-state index < -0.39 is 16.8 Å². The average Bonchev–Trinajstić information content (AvgIpc) is 2.28. The number of carboxylic acid groups (broad SMARTS) is 1. The van der Waals surface area contributed by atoms with Crippen LogP contribution in [0.4, 0.5) is 0 Å². The Bertz CT molecular complexity index is 441. The zero-order valence-corrected chi connectivity index (χ0v) is 10.1. The molecule has 0 aliphatic heterocycles. The van der Waals surface area contributed by atoms with E-state index in [1.54, 1.807) is 6.26 Å². The smallest absolute Gasteiger partial charge is 0.335 e. The van der Waals surface area contributed by atoms with E-state index in [1.807, 2.05) is 0 Å². The van der Waals surface area contributed by atoms with Gasteiger partial charge in [-0.1, -0.05) is 0 Å². The lowest BCUT2D eigenvalue weighted by Crippen LogP contribution is -2.27. The third kappa shape index (κ3) is 4.36. The van der Waals surface area contributed by atoms with Crippen LogP contribution in [-0.2, 0) is 10.8 Å². The van der Waals surface area contributed by atoms with Crippen LogP contribution in [0.3, 0.4) is 0 Å². The summed E-state index contributed by atoms with van der Waals surface area (Å²) in [4.78, 5) is 22.1. The molecule has 1 rings (SSSR count). The molecule has 0 aliphatic rings. The summed E-state index contributed by atoms with van der Waals surface area (Å²) in [7, 11) is -0.941. The van der Waals surface area contributed by atoms with Crippen molar-refractivity contribution in [1.29, 1.82) is 0 Å². The number of amides is 1. The molecule has 5 nitrogen and oxygen atoms in total. The number of hydrogen-bond acceptors (Lipinski definition) is 3. The summed E-state index contributed by atoms with van der Waals surface area (Å²) in [5.74, 6) is -0.926. The van der Waals surface area contributed by atoms with Crippen LogP contribution in [0.2, 0.25) is 0 Å². The van der Waals surface area contributed by atoms with Crippen molar-refractivity contribution in [3.05, 3.63) is 35.4 Å². The molecule has 17 heavy (non-hydrogen) atoms. The third-order valence-corrected chi connectivity index (χ3v) is 2.85. The van der Waals surface area contributed by atoms with Crippen LogP contribution in [-0.4, -0.2) is 39.7 Å². The van der Waals surface area contributed by atoms with Crippen molar-refractivity contribution >= 4 is 22.7 Å². The first-order valence-electron chi connectivity index (χ1n) is 4.92. The Labute approximate surface area is 101 Å². The molecular weight excluding hydrogens is 242 g/mol. The van der Waals surface area contributed by atoms with E-state index in [4.69, 9.17) is 5.11 Å². The highest BCUT2D eigenvalue weighted by atomic mass is 32.2. The predicted octanol–water partition coefficient (Wildman–Crippen LogP) is 0.493. The quantitative estimate of drug-likeness (QED) is 0.802. The summed E-state index contributed by atoms with van der Waals surface area (Å²) in [6, 6.07) is 5.63. The van der Waals surface area contributed by atoms with Crippen LogP contribution in [0, 0.1) is 0 Å². The van der Waals surface area contributed by atoms with Gasteiger partial charge in [-0.15, -0.1) is 0 Å². The van der Waals surface area contributed by atoms with Crippen LogP contribution in [0.1, 0.15) is 20.7 Å². The lowest BCUT2D eigenvalue weighted by Gasteiger charge is -2.04. The first-order valence-corrected chi connectivity index (χ1v) is 6.65. The van der Waals surface area contributed by atoms with Gasteiger partial charge in [-0.25, -0.2) is 4.79 Å². The second-order valence-corrected chi connectivity index (χ2v) is 4.97. The highest BCUT2D eigenvalue weighted by Gasteiger charge is 2.07. The highest BCUT2D eigenvalue weighted by molar-refractivity contribution is 7.84. The summed E-state index contributed by atoms with van der Waals surface area (Å²) in [5.41, 5.74) is 0.521. The largest absolute Gasteiger partial charge is 0.478 e. The summed E-state index contributed by atoms with van der Waals surface area (Å²) >= 11 is 0. The van der Waals surface area contributed by atoms with E-state index in [0.29, 0.717) is 17.9 Å². The normalized spacial score (nSPS) is 11.8. The summed E-state index contributed by atoms with van der Waals surface area (Å²) in [5, 5.41) is 11.3. The Kier molecular flexibility index (Phi) is 4.84. The maximum absolute atomic E-state index is 11.5. The predicted molar refractivity (Wildman–Crippen MR) is 64.7 cm³/mol. The van der Waals surface area contributed by atoms with E-state index in [0.717, 1.165) is 0 Å². The van der Waals surface area contributed by atoms with Gasteiger partial charge in [0.1, 0.15) is 0 Å². The van der Waals surface area contributed by atoms with Gasteiger partial charge in [-0.3, -0.25) is 9.00 Å². The molecule has 0 radical (unpaired) electrons. The van der Waals surface area contributed by atoms with Crippen molar-refractivity contribution in [1.82, 2.24) is 5.32 Å². The van der Waals surface area contributed by atoms with Gasteiger partial charge in [0.15, 0.2) is 0 Å². The first-order chi connectivity index (χ1) is 8.00. The fourth-order valence-corrected chi connectivity index (χ4v) is 1.56. The summed E-state index contributed by atoms with van der Waals surface area (Å²) < 4.78 is 10.8. The molecule has 0 bridgehead atoms. The number of hydrogen-bond donors (Lipinski definition) is 2. The van der Waals surface area contributed by atoms with Gasteiger partial charge in [0.25, 0.3) is 5.91 Å². The third-order valence-electron chi connectivity index (χ3n) is 2.07. The SMILES string of the molecule is CS(=O)CCNC(=O)c1ccc(C(=O)O)cc1. The van der Waals surface area contributed by atoms with Gasteiger partial charge >= 0.3 is 5.97 Å². The van der Waals surface area contributed by atoms with Crippen LogP contribution >= 0.6 is 0 Å². The zero-order valence-electron chi connectivity index (χ0n) is 9.30. The van der Waals surface area contributed by atoms with E-state index in [-0.39, 0.29) is 11.5 Å². The van der Waals surface area contributed by atoms with E-state index in [2.05, 4.69) is 5.32 Å². The number of carboxylic acids is 1. The molecule has 1 amide bonds. The fourth-order valence-electron chi connectivity index (χ4n) is 1.17. The number of aromatic carboxylic acids is 1. The Morgan fingerprint density at radius 2 is 1.76 bits per heavy atom.